The Kier molecular flexibility index (Phi) is 1.57. The minimum absolute atomic E-state index is 0.0833. The molecular weight excluding hydrogens is 136 g/mol. The van der Waals surface area contributed by atoms with Crippen molar-refractivity contribution in [2.45, 2.75) is 0 Å². The highest BCUT2D eigenvalue weighted by Gasteiger charge is 2.09. The molecule has 0 aliphatic carbocycles. The number of anilines is 1. The molecular formula is C5H6N2O3. The topological polar surface area (TPSA) is 78.4 Å². The van der Waals surface area contributed by atoms with Gasteiger partial charge in [0.05, 0.1) is 7.11 Å². The summed E-state index contributed by atoms with van der Waals surface area (Å²) in [4.78, 5) is 10.6. The average molecular weight is 142 g/mol. The maximum absolute atomic E-state index is 10.6. The molecule has 0 spiro atoms. The highest BCUT2D eigenvalue weighted by atomic mass is 16.5. The summed E-state index contributed by atoms with van der Waals surface area (Å²) < 4.78 is 8.75. The van der Waals surface area contributed by atoms with Gasteiger partial charge >= 0.3 is 5.97 Å². The summed E-state index contributed by atoms with van der Waals surface area (Å²) in [7, 11) is 1.26. The molecule has 0 aliphatic rings. The van der Waals surface area contributed by atoms with Crippen LogP contribution in [-0.2, 0) is 4.74 Å². The number of ether oxygens (including phenoxy) is 1. The number of carbonyl (C=O) groups excluding carboxylic acids is 1. The molecule has 0 fully saturated rings. The van der Waals surface area contributed by atoms with Gasteiger partial charge in [-0.15, -0.1) is 0 Å². The SMILES string of the molecule is COC(=O)c1cc(N)on1. The van der Waals surface area contributed by atoms with Gasteiger partial charge in [-0.25, -0.2) is 4.79 Å². The zero-order chi connectivity index (χ0) is 7.56. The molecule has 1 aromatic heterocycles. The Bertz CT molecular complexity index is 243. The van der Waals surface area contributed by atoms with Crippen LogP contribution in [0.3, 0.4) is 0 Å². The van der Waals surface area contributed by atoms with Crippen LogP contribution < -0.4 is 5.73 Å². The van der Waals surface area contributed by atoms with Gasteiger partial charge in [0, 0.05) is 6.07 Å². The molecule has 0 atom stereocenters. The summed E-state index contributed by atoms with van der Waals surface area (Å²) in [6.45, 7) is 0. The smallest absolute Gasteiger partial charge is 0.360 e. The Hall–Kier alpha value is -1.52. The van der Waals surface area contributed by atoms with Gasteiger partial charge in [-0.3, -0.25) is 0 Å². The van der Waals surface area contributed by atoms with Crippen LogP contribution in [0.15, 0.2) is 10.6 Å². The van der Waals surface area contributed by atoms with Crippen LogP contribution in [0.5, 0.6) is 0 Å². The molecule has 10 heavy (non-hydrogen) atoms. The number of hydrogen-bond donors (Lipinski definition) is 1. The molecule has 5 heteroatoms. The Morgan fingerprint density at radius 1 is 1.90 bits per heavy atom. The van der Waals surface area contributed by atoms with Gasteiger partial charge in [0.2, 0.25) is 5.88 Å². The molecule has 1 heterocycles. The van der Waals surface area contributed by atoms with Gasteiger partial charge in [0.1, 0.15) is 0 Å². The summed E-state index contributed by atoms with van der Waals surface area (Å²) in [5.74, 6) is -0.458. The molecule has 0 amide bonds. The second kappa shape index (κ2) is 2.38. The first-order chi connectivity index (χ1) is 4.74. The third-order valence-corrected chi connectivity index (χ3v) is 0.923. The normalized spacial score (nSPS) is 9.30. The van der Waals surface area contributed by atoms with Crippen molar-refractivity contribution in [2.24, 2.45) is 0 Å². The zero-order valence-corrected chi connectivity index (χ0v) is 5.33. The fourth-order valence-electron chi connectivity index (χ4n) is 0.490. The maximum atomic E-state index is 10.6. The van der Waals surface area contributed by atoms with Gasteiger partial charge in [-0.05, 0) is 0 Å². The number of nitrogens with two attached hydrogens (primary N) is 1. The number of aromatic nitrogens is 1. The van der Waals surface area contributed by atoms with E-state index in [1.54, 1.807) is 0 Å². The summed E-state index contributed by atoms with van der Waals surface area (Å²) in [5, 5.41) is 3.31. The van der Waals surface area contributed by atoms with E-state index in [2.05, 4.69) is 14.4 Å². The maximum Gasteiger partial charge on any atom is 0.360 e. The van der Waals surface area contributed by atoms with E-state index >= 15 is 0 Å². The standard InChI is InChI=1S/C5H6N2O3/c1-9-5(8)3-2-4(6)10-7-3/h2H,6H2,1H3. The second-order valence-electron chi connectivity index (χ2n) is 1.61. The Morgan fingerprint density at radius 2 is 2.60 bits per heavy atom. The van der Waals surface area contributed by atoms with Gasteiger partial charge in [-0.1, -0.05) is 5.16 Å². The van der Waals surface area contributed by atoms with E-state index in [1.807, 2.05) is 0 Å². The lowest BCUT2D eigenvalue weighted by molar-refractivity contribution is 0.0589. The number of nitrogen functional groups attached to an aromatic ring is 1. The monoisotopic (exact) mass is 142 g/mol. The molecule has 0 bridgehead atoms. The molecule has 5 nitrogen and oxygen atoms in total. The van der Waals surface area contributed by atoms with Crippen LogP contribution in [0.25, 0.3) is 0 Å². The number of carbonyl (C=O) groups is 1. The lowest BCUT2D eigenvalue weighted by Gasteiger charge is -1.88. The van der Waals surface area contributed by atoms with Crippen molar-refractivity contribution in [1.82, 2.24) is 5.16 Å². The summed E-state index contributed by atoms with van der Waals surface area (Å²) in [5.41, 5.74) is 5.22. The van der Waals surface area contributed by atoms with Crippen LogP contribution in [0.2, 0.25) is 0 Å². The van der Waals surface area contributed by atoms with Gasteiger partial charge in [0.25, 0.3) is 0 Å². The number of esters is 1. The van der Waals surface area contributed by atoms with Crippen molar-refractivity contribution in [3.05, 3.63) is 11.8 Å². The predicted molar refractivity (Wildman–Crippen MR) is 32.3 cm³/mol. The van der Waals surface area contributed by atoms with Crippen molar-refractivity contribution in [2.75, 3.05) is 12.8 Å². The minimum Gasteiger partial charge on any atom is -0.464 e. The van der Waals surface area contributed by atoms with E-state index in [4.69, 9.17) is 5.73 Å². The van der Waals surface area contributed by atoms with Crippen molar-refractivity contribution in [3.8, 4) is 0 Å². The van der Waals surface area contributed by atoms with Crippen molar-refractivity contribution < 1.29 is 14.1 Å². The van der Waals surface area contributed by atoms with E-state index in [-0.39, 0.29) is 11.6 Å². The van der Waals surface area contributed by atoms with E-state index in [1.165, 1.54) is 13.2 Å². The van der Waals surface area contributed by atoms with Crippen molar-refractivity contribution in [1.29, 1.82) is 0 Å². The van der Waals surface area contributed by atoms with Crippen molar-refractivity contribution in [3.63, 3.8) is 0 Å². The first-order valence-electron chi connectivity index (χ1n) is 2.54. The minimum atomic E-state index is -0.555. The van der Waals surface area contributed by atoms with Crippen LogP contribution in [0.1, 0.15) is 10.5 Å². The quantitative estimate of drug-likeness (QED) is 0.560. The Balaban J connectivity index is 2.85. The molecule has 0 aliphatic heterocycles. The zero-order valence-electron chi connectivity index (χ0n) is 5.33. The fourth-order valence-corrected chi connectivity index (χ4v) is 0.490. The van der Waals surface area contributed by atoms with Crippen LogP contribution in [-0.4, -0.2) is 18.2 Å². The first-order valence-corrected chi connectivity index (χ1v) is 2.54. The van der Waals surface area contributed by atoms with Crippen LogP contribution in [0.4, 0.5) is 5.88 Å². The number of hydrogen-bond acceptors (Lipinski definition) is 5. The van der Waals surface area contributed by atoms with E-state index < -0.39 is 5.97 Å². The largest absolute Gasteiger partial charge is 0.464 e. The van der Waals surface area contributed by atoms with Crippen molar-refractivity contribution >= 4 is 11.9 Å². The summed E-state index contributed by atoms with van der Waals surface area (Å²) in [6, 6.07) is 1.30. The van der Waals surface area contributed by atoms with E-state index in [0.29, 0.717) is 0 Å². The Morgan fingerprint density at radius 3 is 3.00 bits per heavy atom. The lowest BCUT2D eigenvalue weighted by Crippen LogP contribution is -2.00. The molecule has 54 valence electrons. The van der Waals surface area contributed by atoms with Gasteiger partial charge in [0.15, 0.2) is 5.69 Å². The average Bonchev–Trinajstić information content (AvgIpc) is 2.34. The van der Waals surface area contributed by atoms with Crippen LogP contribution in [0, 0.1) is 0 Å². The highest BCUT2D eigenvalue weighted by Crippen LogP contribution is 2.04. The molecule has 1 aromatic rings. The van der Waals surface area contributed by atoms with Crippen LogP contribution >= 0.6 is 0 Å². The number of rotatable bonds is 1. The molecule has 1 rings (SSSR count). The number of nitrogens with zero attached hydrogens (tertiary/aromatic N) is 1. The third kappa shape index (κ3) is 1.07. The summed E-state index contributed by atoms with van der Waals surface area (Å²) >= 11 is 0. The highest BCUT2D eigenvalue weighted by molar-refractivity contribution is 5.87. The third-order valence-electron chi connectivity index (χ3n) is 0.923. The summed E-state index contributed by atoms with van der Waals surface area (Å²) in [6.07, 6.45) is 0. The second-order valence-corrected chi connectivity index (χ2v) is 1.61. The molecule has 0 unspecified atom stereocenters. The molecule has 2 N–H and O–H groups in total. The van der Waals surface area contributed by atoms with Gasteiger partial charge < -0.3 is 15.0 Å². The molecule has 0 saturated carbocycles. The molecule has 0 aromatic carbocycles. The Labute approximate surface area is 56.7 Å². The lowest BCUT2D eigenvalue weighted by atomic mass is 10.4. The molecule has 0 radical (unpaired) electrons. The molecule has 0 saturated heterocycles. The fraction of sp³-hybridized carbons (Fsp3) is 0.200. The first kappa shape index (κ1) is 6.60. The predicted octanol–water partition coefficient (Wildman–Crippen LogP) is 0.0434. The van der Waals surface area contributed by atoms with E-state index in [0.717, 1.165) is 0 Å². The van der Waals surface area contributed by atoms with Gasteiger partial charge in [-0.2, -0.15) is 0 Å². The number of methoxy groups -OCH3 is 1. The van der Waals surface area contributed by atoms with E-state index in [9.17, 15) is 4.79 Å².